The molecule has 0 aliphatic heterocycles. The Hall–Kier alpha value is -3.84. The molecule has 0 unspecified atom stereocenters. The van der Waals surface area contributed by atoms with E-state index in [0.717, 1.165) is 28.2 Å². The summed E-state index contributed by atoms with van der Waals surface area (Å²) in [4.78, 5) is 52.5. The zero-order chi connectivity index (χ0) is 28.7. The molecule has 2 heterocycles. The van der Waals surface area contributed by atoms with Crippen molar-refractivity contribution < 1.29 is 39.2 Å². The molecule has 0 aliphatic carbocycles. The van der Waals surface area contributed by atoms with E-state index < -0.39 is 30.3 Å². The van der Waals surface area contributed by atoms with Crippen LogP contribution in [0, 0.1) is 0 Å². The molecule has 0 saturated heterocycles. The number of carboxylic acid groups (broad SMARTS) is 3. The van der Waals surface area contributed by atoms with E-state index in [-0.39, 0.29) is 27.6 Å². The van der Waals surface area contributed by atoms with Crippen molar-refractivity contribution in [3.63, 3.8) is 0 Å². The Morgan fingerprint density at radius 3 is 1.44 bits per heavy atom. The highest BCUT2D eigenvalue weighted by Gasteiger charge is 2.21. The Morgan fingerprint density at radius 2 is 1.10 bits per heavy atom. The number of esters is 1. The second kappa shape index (κ2) is 13.3. The zero-order valence-electron chi connectivity index (χ0n) is 19.9. The number of aliphatic carboxylic acids is 1. The number of halogens is 2. The molecule has 202 valence electrons. The lowest BCUT2D eigenvalue weighted by molar-refractivity contribution is -0.140. The number of aromatic nitrogens is 2. The molecule has 0 bridgehead atoms. The summed E-state index contributed by atoms with van der Waals surface area (Å²) in [6.07, 6.45) is -0.575. The van der Waals surface area contributed by atoms with E-state index >= 15 is 0 Å². The third-order valence-corrected chi connectivity index (χ3v) is 7.60. The number of carbonyl (C=O) groups excluding carboxylic acids is 1. The predicted octanol–water partition coefficient (Wildman–Crippen LogP) is 5.67. The van der Waals surface area contributed by atoms with Crippen LogP contribution >= 0.6 is 45.9 Å². The molecule has 0 radical (unpaired) electrons. The van der Waals surface area contributed by atoms with Gasteiger partial charge in [-0.3, -0.25) is 9.59 Å². The number of benzene rings is 2. The Labute approximate surface area is 239 Å². The monoisotopic (exact) mass is 608 g/mol. The molecule has 10 nitrogen and oxygen atoms in total. The van der Waals surface area contributed by atoms with Crippen molar-refractivity contribution in [2.75, 3.05) is 7.11 Å². The first-order valence-electron chi connectivity index (χ1n) is 10.7. The maximum atomic E-state index is 11.3. The lowest BCUT2D eigenvalue weighted by Crippen LogP contribution is -2.08. The number of carboxylic acids is 3. The highest BCUT2D eigenvalue weighted by atomic mass is 35.5. The zero-order valence-corrected chi connectivity index (χ0v) is 23.0. The van der Waals surface area contributed by atoms with Crippen molar-refractivity contribution in [1.29, 1.82) is 0 Å². The summed E-state index contributed by atoms with van der Waals surface area (Å²) < 4.78 is 4.53. The van der Waals surface area contributed by atoms with Crippen LogP contribution in [0.5, 0.6) is 0 Å². The van der Waals surface area contributed by atoms with E-state index in [2.05, 4.69) is 14.7 Å². The molecule has 0 saturated carbocycles. The van der Waals surface area contributed by atoms with Gasteiger partial charge in [0.1, 0.15) is 19.8 Å². The SMILES string of the molecule is COC(=O)Cc1nc(-c2ccc(Cl)cc2)sc1C(=O)O.O=C(O)Cc1nc(-c2ccc(Cl)cc2)sc1C(=O)O. The van der Waals surface area contributed by atoms with E-state index in [4.69, 9.17) is 38.5 Å². The first kappa shape index (κ1) is 29.7. The largest absolute Gasteiger partial charge is 0.481 e. The van der Waals surface area contributed by atoms with Crippen LogP contribution in [0.15, 0.2) is 48.5 Å². The maximum Gasteiger partial charge on any atom is 0.347 e. The number of ether oxygens (including phenoxy) is 1. The number of thiazole rings is 2. The van der Waals surface area contributed by atoms with Gasteiger partial charge < -0.3 is 20.1 Å². The fourth-order valence-corrected chi connectivity index (χ4v) is 5.17. The summed E-state index contributed by atoms with van der Waals surface area (Å²) in [5.41, 5.74) is 1.72. The molecule has 0 atom stereocenters. The summed E-state index contributed by atoms with van der Waals surface area (Å²) in [7, 11) is 1.25. The summed E-state index contributed by atoms with van der Waals surface area (Å²) in [5.74, 6) is -3.92. The second-order valence-electron chi connectivity index (χ2n) is 7.54. The first-order chi connectivity index (χ1) is 18.5. The molecule has 0 aliphatic rings. The van der Waals surface area contributed by atoms with Gasteiger partial charge in [-0.15, -0.1) is 22.7 Å². The van der Waals surface area contributed by atoms with Gasteiger partial charge in [0.25, 0.3) is 0 Å². The van der Waals surface area contributed by atoms with Crippen molar-refractivity contribution in [3.8, 4) is 21.1 Å². The number of carbonyl (C=O) groups is 4. The lowest BCUT2D eigenvalue weighted by atomic mass is 10.2. The number of hydrogen-bond acceptors (Lipinski definition) is 9. The van der Waals surface area contributed by atoms with Crippen molar-refractivity contribution >= 4 is 69.8 Å². The van der Waals surface area contributed by atoms with Crippen LogP contribution in [-0.4, -0.2) is 56.3 Å². The lowest BCUT2D eigenvalue weighted by Gasteiger charge is -1.97. The van der Waals surface area contributed by atoms with Gasteiger partial charge in [0.15, 0.2) is 0 Å². The van der Waals surface area contributed by atoms with Crippen LogP contribution in [0.3, 0.4) is 0 Å². The molecule has 14 heteroatoms. The molecule has 0 amide bonds. The molecule has 2 aromatic carbocycles. The van der Waals surface area contributed by atoms with Crippen molar-refractivity contribution in [2.45, 2.75) is 12.8 Å². The maximum absolute atomic E-state index is 11.3. The van der Waals surface area contributed by atoms with E-state index in [0.29, 0.717) is 25.6 Å². The van der Waals surface area contributed by atoms with E-state index in [1.165, 1.54) is 7.11 Å². The van der Waals surface area contributed by atoms with Crippen LogP contribution in [0.25, 0.3) is 21.1 Å². The molecule has 4 rings (SSSR count). The second-order valence-corrected chi connectivity index (χ2v) is 10.4. The smallest absolute Gasteiger partial charge is 0.347 e. The van der Waals surface area contributed by atoms with Crippen LogP contribution in [0.4, 0.5) is 0 Å². The van der Waals surface area contributed by atoms with Crippen LogP contribution in [-0.2, 0) is 27.2 Å². The molecular formula is C25H18Cl2N2O8S2. The Kier molecular flexibility index (Phi) is 10.1. The topological polar surface area (TPSA) is 164 Å². The molecule has 4 aromatic rings. The summed E-state index contributed by atoms with van der Waals surface area (Å²) in [5, 5.41) is 29.1. The highest BCUT2D eigenvalue weighted by Crippen LogP contribution is 2.30. The van der Waals surface area contributed by atoms with Gasteiger partial charge in [0.2, 0.25) is 0 Å². The van der Waals surface area contributed by atoms with Gasteiger partial charge >= 0.3 is 23.9 Å². The number of methoxy groups -OCH3 is 1. The number of hydrogen-bond donors (Lipinski definition) is 3. The molecular weight excluding hydrogens is 591 g/mol. The third-order valence-electron chi connectivity index (χ3n) is 4.82. The quantitative estimate of drug-likeness (QED) is 0.212. The standard InChI is InChI=1S/C13H10ClNO4S.C12H8ClNO4S/c1-19-10(16)6-9-11(13(17)18)20-12(15-9)7-2-4-8(14)5-3-7;13-7-3-1-6(2-4-7)11-14-8(5-9(15)16)10(19-11)12(17)18/h2-5H,6H2,1H3,(H,17,18);1-4H,5H2,(H,15,16)(H,17,18). The number of rotatable bonds is 8. The molecule has 3 N–H and O–H groups in total. The van der Waals surface area contributed by atoms with Gasteiger partial charge in [-0.1, -0.05) is 47.5 Å². The van der Waals surface area contributed by atoms with Crippen molar-refractivity contribution in [3.05, 3.63) is 79.7 Å². The molecule has 39 heavy (non-hydrogen) atoms. The van der Waals surface area contributed by atoms with Crippen LogP contribution < -0.4 is 0 Å². The minimum absolute atomic E-state index is 0.0420. The van der Waals surface area contributed by atoms with Gasteiger partial charge in [-0.05, 0) is 24.3 Å². The number of aromatic carboxylic acids is 2. The molecule has 0 spiro atoms. The minimum atomic E-state index is -1.17. The molecule has 2 aromatic heterocycles. The van der Waals surface area contributed by atoms with E-state index in [9.17, 15) is 19.2 Å². The van der Waals surface area contributed by atoms with Crippen molar-refractivity contribution in [2.24, 2.45) is 0 Å². The third kappa shape index (κ3) is 8.07. The Morgan fingerprint density at radius 1 is 0.718 bits per heavy atom. The normalized spacial score (nSPS) is 10.3. The van der Waals surface area contributed by atoms with Crippen molar-refractivity contribution in [1.82, 2.24) is 9.97 Å². The van der Waals surface area contributed by atoms with Gasteiger partial charge in [-0.2, -0.15) is 0 Å². The van der Waals surface area contributed by atoms with Crippen LogP contribution in [0.2, 0.25) is 10.0 Å². The van der Waals surface area contributed by atoms with E-state index in [1.54, 1.807) is 48.5 Å². The van der Waals surface area contributed by atoms with E-state index in [1.807, 2.05) is 0 Å². The highest BCUT2D eigenvalue weighted by molar-refractivity contribution is 7.17. The average Bonchev–Trinajstić information content (AvgIpc) is 3.50. The fraction of sp³-hybridized carbons (Fsp3) is 0.120. The minimum Gasteiger partial charge on any atom is -0.481 e. The summed E-state index contributed by atoms with van der Waals surface area (Å²) >= 11 is 13.5. The van der Waals surface area contributed by atoms with Crippen LogP contribution in [0.1, 0.15) is 30.7 Å². The fourth-order valence-electron chi connectivity index (χ4n) is 3.06. The first-order valence-corrected chi connectivity index (χ1v) is 13.1. The predicted molar refractivity (Wildman–Crippen MR) is 146 cm³/mol. The van der Waals surface area contributed by atoms with Gasteiger partial charge in [-0.25, -0.2) is 19.6 Å². The average molecular weight is 609 g/mol. The summed E-state index contributed by atoms with van der Waals surface area (Å²) in [6.45, 7) is 0. The Bertz CT molecular complexity index is 1520. The number of nitrogens with zero attached hydrogens (tertiary/aromatic N) is 2. The summed E-state index contributed by atoms with van der Waals surface area (Å²) in [6, 6.07) is 13.6. The van der Waals surface area contributed by atoms with Gasteiger partial charge in [0, 0.05) is 21.2 Å². The molecule has 0 fully saturated rings. The Balaban J connectivity index is 0.000000216. The van der Waals surface area contributed by atoms with Gasteiger partial charge in [0.05, 0.1) is 31.3 Å².